The number of nitrogens with zero attached hydrogens (tertiary/aromatic N) is 2. The van der Waals surface area contributed by atoms with Crippen molar-refractivity contribution in [2.24, 2.45) is 0 Å². The zero-order valence-corrected chi connectivity index (χ0v) is 12.8. The van der Waals surface area contributed by atoms with Gasteiger partial charge in [0.25, 0.3) is 10.2 Å². The third-order valence-electron chi connectivity index (χ3n) is 3.67. The van der Waals surface area contributed by atoms with Crippen LogP contribution in [0.15, 0.2) is 30.3 Å². The highest BCUT2D eigenvalue weighted by Crippen LogP contribution is 2.24. The van der Waals surface area contributed by atoms with Crippen LogP contribution < -0.4 is 0 Å². The van der Waals surface area contributed by atoms with Crippen LogP contribution in [0.2, 0.25) is 0 Å². The van der Waals surface area contributed by atoms with Crippen molar-refractivity contribution in [3.05, 3.63) is 35.9 Å². The molecule has 1 fully saturated rings. The molecule has 0 aliphatic carbocycles. The molecule has 1 N–H and O–H groups in total. The van der Waals surface area contributed by atoms with Crippen molar-refractivity contribution < 1.29 is 18.3 Å². The van der Waals surface area contributed by atoms with E-state index in [1.807, 2.05) is 30.3 Å². The minimum absolute atomic E-state index is 0.252. The van der Waals surface area contributed by atoms with E-state index in [1.54, 1.807) is 6.92 Å². The maximum atomic E-state index is 12.7. The van der Waals surface area contributed by atoms with Gasteiger partial charge in [0.1, 0.15) is 6.04 Å². The molecular weight excluding hydrogens is 292 g/mol. The van der Waals surface area contributed by atoms with Crippen molar-refractivity contribution in [3.8, 4) is 0 Å². The Bertz CT molecular complexity index is 588. The topological polar surface area (TPSA) is 77.9 Å². The van der Waals surface area contributed by atoms with Crippen LogP contribution >= 0.6 is 0 Å². The maximum absolute atomic E-state index is 12.7. The van der Waals surface area contributed by atoms with E-state index < -0.39 is 22.2 Å². The summed E-state index contributed by atoms with van der Waals surface area (Å²) in [4.78, 5) is 11.2. The van der Waals surface area contributed by atoms with E-state index in [2.05, 4.69) is 0 Å². The summed E-state index contributed by atoms with van der Waals surface area (Å²) in [5, 5.41) is 9.17. The molecule has 0 saturated carbocycles. The van der Waals surface area contributed by atoms with Gasteiger partial charge in [0.15, 0.2) is 0 Å². The molecule has 0 aromatic heterocycles. The molecule has 2 rings (SSSR count). The van der Waals surface area contributed by atoms with Crippen LogP contribution in [0.1, 0.15) is 25.3 Å². The Hall–Kier alpha value is -1.44. The number of hydrogen-bond donors (Lipinski definition) is 1. The number of benzene rings is 1. The SMILES string of the molecule is CCN(Cc1ccccc1)S(=O)(=O)N1CCC[C@H]1C(=O)O. The molecule has 0 unspecified atom stereocenters. The number of carbonyl (C=O) groups is 1. The molecule has 0 radical (unpaired) electrons. The summed E-state index contributed by atoms with van der Waals surface area (Å²) < 4.78 is 27.8. The lowest BCUT2D eigenvalue weighted by Gasteiger charge is -2.28. The van der Waals surface area contributed by atoms with Crippen LogP contribution in [0.5, 0.6) is 0 Å². The number of hydrogen-bond acceptors (Lipinski definition) is 3. The fraction of sp³-hybridized carbons (Fsp3) is 0.500. The van der Waals surface area contributed by atoms with Crippen molar-refractivity contribution in [1.82, 2.24) is 8.61 Å². The van der Waals surface area contributed by atoms with Gasteiger partial charge in [0.2, 0.25) is 0 Å². The van der Waals surface area contributed by atoms with E-state index in [1.165, 1.54) is 4.31 Å². The smallest absolute Gasteiger partial charge is 0.322 e. The lowest BCUT2D eigenvalue weighted by atomic mass is 10.2. The first-order chi connectivity index (χ1) is 9.96. The van der Waals surface area contributed by atoms with E-state index in [9.17, 15) is 13.2 Å². The molecule has 1 atom stereocenters. The molecule has 0 amide bonds. The van der Waals surface area contributed by atoms with E-state index in [4.69, 9.17) is 5.11 Å². The molecule has 1 aromatic rings. The van der Waals surface area contributed by atoms with Crippen LogP contribution in [-0.4, -0.2) is 47.2 Å². The lowest BCUT2D eigenvalue weighted by Crippen LogP contribution is -2.48. The van der Waals surface area contributed by atoms with Gasteiger partial charge >= 0.3 is 5.97 Å². The summed E-state index contributed by atoms with van der Waals surface area (Å²) in [5.74, 6) is -1.08. The molecule has 6 nitrogen and oxygen atoms in total. The second-order valence-electron chi connectivity index (χ2n) is 5.03. The van der Waals surface area contributed by atoms with Gasteiger partial charge in [-0.3, -0.25) is 4.79 Å². The highest BCUT2D eigenvalue weighted by Gasteiger charge is 2.41. The molecule has 116 valence electrons. The molecular formula is C14H20N2O4S. The largest absolute Gasteiger partial charge is 0.480 e. The molecule has 1 saturated heterocycles. The van der Waals surface area contributed by atoms with Crippen molar-refractivity contribution in [3.63, 3.8) is 0 Å². The van der Waals surface area contributed by atoms with Crippen molar-refractivity contribution in [1.29, 1.82) is 0 Å². The molecule has 1 aromatic carbocycles. The highest BCUT2D eigenvalue weighted by atomic mass is 32.2. The van der Waals surface area contributed by atoms with Gasteiger partial charge in [-0.25, -0.2) is 0 Å². The van der Waals surface area contributed by atoms with Crippen LogP contribution in [0.4, 0.5) is 0 Å². The lowest BCUT2D eigenvalue weighted by molar-refractivity contribution is -0.140. The fourth-order valence-electron chi connectivity index (χ4n) is 2.56. The number of aliphatic carboxylic acids is 1. The van der Waals surface area contributed by atoms with Gasteiger partial charge in [-0.05, 0) is 18.4 Å². The molecule has 0 spiro atoms. The molecule has 0 bridgehead atoms. The minimum Gasteiger partial charge on any atom is -0.480 e. The summed E-state index contributed by atoms with van der Waals surface area (Å²) in [5.41, 5.74) is 0.883. The third kappa shape index (κ3) is 3.42. The predicted molar refractivity (Wildman–Crippen MR) is 78.8 cm³/mol. The standard InChI is InChI=1S/C14H20N2O4S/c1-2-15(11-12-7-4-3-5-8-12)21(19,20)16-10-6-9-13(16)14(17)18/h3-5,7-8,13H,2,6,9-11H2,1H3,(H,17,18)/t13-/m0/s1. The Balaban J connectivity index is 2.21. The quantitative estimate of drug-likeness (QED) is 0.859. The van der Waals surface area contributed by atoms with E-state index in [0.29, 0.717) is 19.4 Å². The van der Waals surface area contributed by atoms with Gasteiger partial charge in [-0.15, -0.1) is 0 Å². The third-order valence-corrected chi connectivity index (χ3v) is 5.74. The first kappa shape index (κ1) is 15.9. The first-order valence-electron chi connectivity index (χ1n) is 7.00. The van der Waals surface area contributed by atoms with Crippen molar-refractivity contribution >= 4 is 16.2 Å². The normalized spacial score (nSPS) is 20.0. The Morgan fingerprint density at radius 1 is 1.38 bits per heavy atom. The Labute approximate surface area is 125 Å². The maximum Gasteiger partial charge on any atom is 0.322 e. The zero-order valence-electron chi connectivity index (χ0n) is 12.0. The van der Waals surface area contributed by atoms with Crippen molar-refractivity contribution in [2.45, 2.75) is 32.4 Å². The zero-order chi connectivity index (χ0) is 15.5. The highest BCUT2D eigenvalue weighted by molar-refractivity contribution is 7.86. The summed E-state index contributed by atoms with van der Waals surface area (Å²) in [6.07, 6.45) is 0.955. The number of carboxylic acid groups (broad SMARTS) is 1. The van der Waals surface area contributed by atoms with Gasteiger partial charge < -0.3 is 5.11 Å². The molecule has 21 heavy (non-hydrogen) atoms. The van der Waals surface area contributed by atoms with Crippen LogP contribution in [0.3, 0.4) is 0 Å². The summed E-state index contributed by atoms with van der Waals surface area (Å²) in [7, 11) is -3.76. The second kappa shape index (κ2) is 6.55. The van der Waals surface area contributed by atoms with Gasteiger partial charge in [-0.1, -0.05) is 37.3 Å². The van der Waals surface area contributed by atoms with Gasteiger partial charge in [0.05, 0.1) is 0 Å². The second-order valence-corrected chi connectivity index (χ2v) is 6.91. The first-order valence-corrected chi connectivity index (χ1v) is 8.40. The average molecular weight is 312 g/mol. The summed E-state index contributed by atoms with van der Waals surface area (Å²) in [6, 6.07) is 8.35. The Kier molecular flexibility index (Phi) is 4.97. The predicted octanol–water partition coefficient (Wildman–Crippen LogP) is 1.30. The Morgan fingerprint density at radius 3 is 2.62 bits per heavy atom. The van der Waals surface area contributed by atoms with Crippen molar-refractivity contribution in [2.75, 3.05) is 13.1 Å². The monoisotopic (exact) mass is 312 g/mol. The summed E-state index contributed by atoms with van der Waals surface area (Å²) >= 11 is 0. The van der Waals surface area contributed by atoms with E-state index >= 15 is 0 Å². The van der Waals surface area contributed by atoms with Gasteiger partial charge in [0, 0.05) is 19.6 Å². The number of carboxylic acids is 1. The fourth-order valence-corrected chi connectivity index (χ4v) is 4.37. The van der Waals surface area contributed by atoms with E-state index in [-0.39, 0.29) is 13.1 Å². The Morgan fingerprint density at radius 2 is 2.05 bits per heavy atom. The van der Waals surface area contributed by atoms with Crippen LogP contribution in [0.25, 0.3) is 0 Å². The molecule has 1 aliphatic heterocycles. The van der Waals surface area contributed by atoms with Crippen LogP contribution in [-0.2, 0) is 21.5 Å². The summed E-state index contributed by atoms with van der Waals surface area (Å²) in [6.45, 7) is 2.58. The minimum atomic E-state index is -3.76. The molecule has 7 heteroatoms. The van der Waals surface area contributed by atoms with Gasteiger partial charge in [-0.2, -0.15) is 17.0 Å². The molecule has 1 heterocycles. The number of rotatable bonds is 6. The van der Waals surface area contributed by atoms with E-state index in [0.717, 1.165) is 9.87 Å². The van der Waals surface area contributed by atoms with Crippen LogP contribution in [0, 0.1) is 0 Å². The molecule has 1 aliphatic rings. The average Bonchev–Trinajstić information content (AvgIpc) is 2.96.